The van der Waals surface area contributed by atoms with Crippen molar-refractivity contribution in [3.8, 4) is 0 Å². The molecule has 0 unspecified atom stereocenters. The molecule has 0 atom stereocenters. The van der Waals surface area contributed by atoms with Crippen LogP contribution in [0, 0.1) is 5.41 Å². The van der Waals surface area contributed by atoms with Crippen molar-refractivity contribution in [2.45, 2.75) is 37.6 Å². The maximum absolute atomic E-state index is 3.66. The standard InChI is InChI=1S/C8H13N/c1-2-7(1)5-6-9-8(7)3-4-8/h9H,1-6H2. The maximum atomic E-state index is 3.66. The SMILES string of the molecule is C1CC2(CC2)C2(CC2)N1. The molecule has 0 aromatic rings. The molecule has 0 amide bonds. The van der Waals surface area contributed by atoms with Gasteiger partial charge in [-0.1, -0.05) is 0 Å². The van der Waals surface area contributed by atoms with Crippen LogP contribution in [0.25, 0.3) is 0 Å². The lowest BCUT2D eigenvalue weighted by atomic mass is 9.95. The molecule has 1 N–H and O–H groups in total. The summed E-state index contributed by atoms with van der Waals surface area (Å²) < 4.78 is 0. The van der Waals surface area contributed by atoms with Gasteiger partial charge < -0.3 is 5.32 Å². The Morgan fingerprint density at radius 3 is 2.11 bits per heavy atom. The van der Waals surface area contributed by atoms with E-state index in [1.807, 2.05) is 0 Å². The van der Waals surface area contributed by atoms with Crippen LogP contribution in [-0.4, -0.2) is 12.1 Å². The first-order valence-electron chi connectivity index (χ1n) is 4.12. The van der Waals surface area contributed by atoms with Gasteiger partial charge in [-0.05, 0) is 44.1 Å². The van der Waals surface area contributed by atoms with Crippen LogP contribution in [0.1, 0.15) is 32.1 Å². The number of nitrogens with one attached hydrogen (secondary N) is 1. The highest BCUT2D eigenvalue weighted by atomic mass is 15.1. The molecule has 1 heterocycles. The summed E-state index contributed by atoms with van der Waals surface area (Å²) >= 11 is 0. The fraction of sp³-hybridized carbons (Fsp3) is 1.00. The Kier molecular flexibility index (Phi) is 0.563. The molecule has 1 nitrogen and oxygen atoms in total. The second-order valence-electron chi connectivity index (χ2n) is 4.04. The summed E-state index contributed by atoms with van der Waals surface area (Å²) in [5, 5.41) is 3.66. The molecular weight excluding hydrogens is 110 g/mol. The molecule has 0 aromatic heterocycles. The molecule has 1 aliphatic heterocycles. The average Bonchev–Trinajstić information content (AvgIpc) is 2.51. The van der Waals surface area contributed by atoms with Gasteiger partial charge in [0.15, 0.2) is 0 Å². The van der Waals surface area contributed by atoms with Crippen LogP contribution in [0.3, 0.4) is 0 Å². The van der Waals surface area contributed by atoms with Gasteiger partial charge in [-0.2, -0.15) is 0 Å². The van der Waals surface area contributed by atoms with E-state index in [9.17, 15) is 0 Å². The molecule has 1 heteroatoms. The molecule has 0 bridgehead atoms. The predicted molar refractivity (Wildman–Crippen MR) is 36.3 cm³/mol. The summed E-state index contributed by atoms with van der Waals surface area (Å²) in [4.78, 5) is 0. The summed E-state index contributed by atoms with van der Waals surface area (Å²) in [7, 11) is 0. The Morgan fingerprint density at radius 1 is 0.889 bits per heavy atom. The summed E-state index contributed by atoms with van der Waals surface area (Å²) in [6.07, 6.45) is 7.49. The molecule has 2 aliphatic carbocycles. The van der Waals surface area contributed by atoms with Crippen LogP contribution < -0.4 is 5.32 Å². The highest BCUT2D eigenvalue weighted by Crippen LogP contribution is 2.68. The molecule has 3 rings (SSSR count). The van der Waals surface area contributed by atoms with Crippen LogP contribution in [0.5, 0.6) is 0 Å². The maximum Gasteiger partial charge on any atom is 0.0239 e. The molecule has 0 aromatic carbocycles. The first kappa shape index (κ1) is 4.73. The topological polar surface area (TPSA) is 12.0 Å². The average molecular weight is 123 g/mol. The zero-order chi connectivity index (χ0) is 5.95. The van der Waals surface area contributed by atoms with Gasteiger partial charge in [0, 0.05) is 5.54 Å². The summed E-state index contributed by atoms with van der Waals surface area (Å²) in [6, 6.07) is 0. The molecule has 2 spiro atoms. The summed E-state index contributed by atoms with van der Waals surface area (Å²) in [5.41, 5.74) is 1.54. The van der Waals surface area contributed by atoms with Gasteiger partial charge >= 0.3 is 0 Å². The molecular formula is C8H13N. The summed E-state index contributed by atoms with van der Waals surface area (Å²) in [5.74, 6) is 0. The highest BCUT2D eigenvalue weighted by molar-refractivity contribution is 5.23. The molecule has 0 radical (unpaired) electrons. The minimum absolute atomic E-state index is 0.701. The van der Waals surface area contributed by atoms with Gasteiger partial charge in [-0.15, -0.1) is 0 Å². The van der Waals surface area contributed by atoms with Crippen molar-refractivity contribution in [1.82, 2.24) is 5.32 Å². The van der Waals surface area contributed by atoms with Gasteiger partial charge in [0.25, 0.3) is 0 Å². The second-order valence-corrected chi connectivity index (χ2v) is 4.04. The first-order valence-corrected chi connectivity index (χ1v) is 4.12. The normalized spacial score (nSPS) is 40.0. The van der Waals surface area contributed by atoms with E-state index in [1.165, 1.54) is 38.6 Å². The minimum Gasteiger partial charge on any atom is -0.311 e. The lowest BCUT2D eigenvalue weighted by Crippen LogP contribution is -2.29. The van der Waals surface area contributed by atoms with E-state index in [1.54, 1.807) is 0 Å². The molecule has 1 saturated heterocycles. The van der Waals surface area contributed by atoms with Gasteiger partial charge in [-0.3, -0.25) is 0 Å². The van der Waals surface area contributed by atoms with E-state index in [2.05, 4.69) is 5.32 Å². The van der Waals surface area contributed by atoms with Crippen molar-refractivity contribution in [3.05, 3.63) is 0 Å². The fourth-order valence-corrected chi connectivity index (χ4v) is 2.68. The van der Waals surface area contributed by atoms with Gasteiger partial charge in [0.1, 0.15) is 0 Å². The Hall–Kier alpha value is -0.0400. The van der Waals surface area contributed by atoms with Crippen molar-refractivity contribution in [2.24, 2.45) is 5.41 Å². The molecule has 50 valence electrons. The number of fused-ring (bicyclic) bond motifs is 1. The fourth-order valence-electron chi connectivity index (χ4n) is 2.68. The number of hydrogen-bond acceptors (Lipinski definition) is 1. The summed E-state index contributed by atoms with van der Waals surface area (Å²) in [6.45, 7) is 1.31. The van der Waals surface area contributed by atoms with Crippen LogP contribution in [0.15, 0.2) is 0 Å². The van der Waals surface area contributed by atoms with Crippen molar-refractivity contribution in [2.75, 3.05) is 6.54 Å². The molecule has 3 aliphatic rings. The van der Waals surface area contributed by atoms with Crippen LogP contribution in [-0.2, 0) is 0 Å². The zero-order valence-electron chi connectivity index (χ0n) is 5.74. The quantitative estimate of drug-likeness (QED) is 0.512. The third kappa shape index (κ3) is 0.389. The first-order chi connectivity index (χ1) is 4.37. The minimum atomic E-state index is 0.701. The zero-order valence-corrected chi connectivity index (χ0v) is 5.74. The van der Waals surface area contributed by atoms with Crippen molar-refractivity contribution in [3.63, 3.8) is 0 Å². The van der Waals surface area contributed by atoms with Crippen LogP contribution in [0.4, 0.5) is 0 Å². The van der Waals surface area contributed by atoms with Crippen molar-refractivity contribution >= 4 is 0 Å². The van der Waals surface area contributed by atoms with Gasteiger partial charge in [0.05, 0.1) is 0 Å². The highest BCUT2D eigenvalue weighted by Gasteiger charge is 2.67. The predicted octanol–water partition coefficient (Wildman–Crippen LogP) is 1.29. The molecule has 9 heavy (non-hydrogen) atoms. The Balaban J connectivity index is 2.00. The second kappa shape index (κ2) is 1.07. The van der Waals surface area contributed by atoms with E-state index in [-0.39, 0.29) is 0 Å². The van der Waals surface area contributed by atoms with E-state index in [0.717, 1.165) is 5.41 Å². The van der Waals surface area contributed by atoms with Crippen molar-refractivity contribution in [1.29, 1.82) is 0 Å². The van der Waals surface area contributed by atoms with Gasteiger partial charge in [-0.25, -0.2) is 0 Å². The van der Waals surface area contributed by atoms with Crippen LogP contribution >= 0.6 is 0 Å². The largest absolute Gasteiger partial charge is 0.311 e. The lowest BCUT2D eigenvalue weighted by Gasteiger charge is -2.15. The number of hydrogen-bond donors (Lipinski definition) is 1. The Bertz CT molecular complexity index is 136. The van der Waals surface area contributed by atoms with E-state index in [4.69, 9.17) is 0 Å². The van der Waals surface area contributed by atoms with Gasteiger partial charge in [0.2, 0.25) is 0 Å². The lowest BCUT2D eigenvalue weighted by molar-refractivity contribution is 0.409. The molecule has 2 saturated carbocycles. The smallest absolute Gasteiger partial charge is 0.0239 e. The third-order valence-electron chi connectivity index (χ3n) is 3.69. The monoisotopic (exact) mass is 123 g/mol. The van der Waals surface area contributed by atoms with E-state index >= 15 is 0 Å². The third-order valence-corrected chi connectivity index (χ3v) is 3.69. The van der Waals surface area contributed by atoms with E-state index < -0.39 is 0 Å². The molecule has 3 fully saturated rings. The Labute approximate surface area is 55.8 Å². The van der Waals surface area contributed by atoms with Crippen molar-refractivity contribution < 1.29 is 0 Å². The van der Waals surface area contributed by atoms with Crippen LogP contribution in [0.2, 0.25) is 0 Å². The Morgan fingerprint density at radius 2 is 1.67 bits per heavy atom. The number of rotatable bonds is 0. The van der Waals surface area contributed by atoms with E-state index in [0.29, 0.717) is 5.54 Å².